The lowest BCUT2D eigenvalue weighted by Gasteiger charge is -2.16. The normalized spacial score (nSPS) is 19.2. The minimum atomic E-state index is -0.900. The van der Waals surface area contributed by atoms with E-state index in [9.17, 15) is 19.5 Å². The van der Waals surface area contributed by atoms with E-state index in [0.717, 1.165) is 10.5 Å². The van der Waals surface area contributed by atoms with Crippen LogP contribution in [0, 0.1) is 0 Å². The highest BCUT2D eigenvalue weighted by Crippen LogP contribution is 2.29. The van der Waals surface area contributed by atoms with Crippen LogP contribution in [0.15, 0.2) is 18.2 Å². The molecular formula is C15H19N3O4. The van der Waals surface area contributed by atoms with Gasteiger partial charge in [-0.15, -0.1) is 0 Å². The molecule has 22 heavy (non-hydrogen) atoms. The van der Waals surface area contributed by atoms with Crippen molar-refractivity contribution in [3.63, 3.8) is 0 Å². The van der Waals surface area contributed by atoms with Crippen LogP contribution in [-0.2, 0) is 16.0 Å². The molecule has 3 amide bonds. The number of amides is 3. The molecule has 0 aromatic heterocycles. The van der Waals surface area contributed by atoms with E-state index in [4.69, 9.17) is 0 Å². The Morgan fingerprint density at radius 1 is 1.45 bits per heavy atom. The van der Waals surface area contributed by atoms with E-state index in [1.165, 1.54) is 20.0 Å². The van der Waals surface area contributed by atoms with Crippen molar-refractivity contribution in [2.24, 2.45) is 0 Å². The average molecular weight is 305 g/mol. The van der Waals surface area contributed by atoms with Gasteiger partial charge < -0.3 is 15.7 Å². The predicted molar refractivity (Wildman–Crippen MR) is 79.4 cm³/mol. The Hall–Kier alpha value is -2.41. The number of aromatic hydroxyl groups is 1. The third-order valence-corrected chi connectivity index (χ3v) is 3.83. The van der Waals surface area contributed by atoms with Gasteiger partial charge in [-0.1, -0.05) is 6.07 Å². The molecule has 0 radical (unpaired) electrons. The molecule has 1 saturated heterocycles. The summed E-state index contributed by atoms with van der Waals surface area (Å²) in [5.41, 5.74) is 1.12. The number of imide groups is 1. The Labute approximate surface area is 128 Å². The summed E-state index contributed by atoms with van der Waals surface area (Å²) >= 11 is 0. The topological polar surface area (TPSA) is 98.7 Å². The molecule has 3 N–H and O–H groups in total. The molecule has 2 rings (SSSR count). The fourth-order valence-electron chi connectivity index (χ4n) is 2.43. The van der Waals surface area contributed by atoms with Gasteiger partial charge in [0.25, 0.3) is 5.91 Å². The van der Waals surface area contributed by atoms with Crippen LogP contribution < -0.4 is 10.6 Å². The van der Waals surface area contributed by atoms with Gasteiger partial charge in [0.15, 0.2) is 0 Å². The lowest BCUT2D eigenvalue weighted by Crippen LogP contribution is -2.34. The number of hydrogen-bond acceptors (Lipinski definition) is 5. The monoisotopic (exact) mass is 305 g/mol. The van der Waals surface area contributed by atoms with Gasteiger partial charge in [-0.3, -0.25) is 14.5 Å². The van der Waals surface area contributed by atoms with Gasteiger partial charge in [-0.05, 0) is 38.1 Å². The SMILES string of the molecule is CN[C@@H](Cc1ccc(O)c(C2NC(=O)N(C)C2=O)c1)C(C)=O. The molecule has 7 heteroatoms. The van der Waals surface area contributed by atoms with Crippen LogP contribution in [0.2, 0.25) is 0 Å². The van der Waals surface area contributed by atoms with Gasteiger partial charge in [0.1, 0.15) is 17.6 Å². The van der Waals surface area contributed by atoms with Gasteiger partial charge in [-0.2, -0.15) is 0 Å². The number of carbonyl (C=O) groups excluding carboxylic acids is 3. The number of hydrogen-bond donors (Lipinski definition) is 3. The molecule has 1 fully saturated rings. The number of Topliss-reactive ketones (excluding diaryl/α,β-unsaturated/α-hetero) is 1. The predicted octanol–water partition coefficient (Wildman–Crippen LogP) is 0.334. The minimum absolute atomic E-state index is 0.00195. The summed E-state index contributed by atoms with van der Waals surface area (Å²) in [5, 5.41) is 15.4. The maximum Gasteiger partial charge on any atom is 0.324 e. The lowest BCUT2D eigenvalue weighted by molar-refractivity contribution is -0.126. The molecule has 0 spiro atoms. The zero-order valence-electron chi connectivity index (χ0n) is 12.7. The highest BCUT2D eigenvalue weighted by Gasteiger charge is 2.37. The molecule has 1 aromatic rings. The minimum Gasteiger partial charge on any atom is -0.508 e. The van der Waals surface area contributed by atoms with Crippen molar-refractivity contribution in [1.82, 2.24) is 15.5 Å². The molecule has 1 unspecified atom stereocenters. The van der Waals surface area contributed by atoms with Crippen LogP contribution in [0.3, 0.4) is 0 Å². The molecule has 0 bridgehead atoms. The van der Waals surface area contributed by atoms with Gasteiger partial charge in [-0.25, -0.2) is 4.79 Å². The standard InChI is InChI=1S/C15H19N3O4/c1-8(19)11(16-2)7-9-4-5-12(20)10(6-9)13-14(21)18(3)15(22)17-13/h4-6,11,13,16,20H,7H2,1-3H3,(H,17,22)/t11-,13?/m0/s1. The smallest absolute Gasteiger partial charge is 0.324 e. The Bertz CT molecular complexity index is 629. The van der Waals surface area contributed by atoms with Gasteiger partial charge >= 0.3 is 6.03 Å². The van der Waals surface area contributed by atoms with Crippen molar-refractivity contribution >= 4 is 17.7 Å². The molecule has 1 aliphatic rings. The molecule has 1 aromatic carbocycles. The fourth-order valence-corrected chi connectivity index (χ4v) is 2.43. The Morgan fingerprint density at radius 2 is 2.14 bits per heavy atom. The molecule has 2 atom stereocenters. The third kappa shape index (κ3) is 2.94. The van der Waals surface area contributed by atoms with Crippen LogP contribution in [0.1, 0.15) is 24.1 Å². The van der Waals surface area contributed by atoms with Crippen molar-refractivity contribution in [1.29, 1.82) is 0 Å². The Morgan fingerprint density at radius 3 is 2.64 bits per heavy atom. The summed E-state index contributed by atoms with van der Waals surface area (Å²) in [6, 6.07) is 3.06. The zero-order chi connectivity index (χ0) is 16.4. The second kappa shape index (κ2) is 6.15. The van der Waals surface area contributed by atoms with Crippen molar-refractivity contribution in [2.75, 3.05) is 14.1 Å². The summed E-state index contributed by atoms with van der Waals surface area (Å²) in [7, 11) is 3.08. The van der Waals surface area contributed by atoms with Crippen LogP contribution in [0.5, 0.6) is 5.75 Å². The van der Waals surface area contributed by atoms with E-state index in [2.05, 4.69) is 10.6 Å². The van der Waals surface area contributed by atoms with Crippen molar-refractivity contribution < 1.29 is 19.5 Å². The summed E-state index contributed by atoms with van der Waals surface area (Å²) in [5.74, 6) is -0.488. The van der Waals surface area contributed by atoms with Gasteiger partial charge in [0.2, 0.25) is 0 Å². The number of ketones is 1. The zero-order valence-corrected chi connectivity index (χ0v) is 12.7. The number of likely N-dealkylation sites (N-methyl/N-ethyl adjacent to an activating group) is 2. The second-order valence-electron chi connectivity index (χ2n) is 5.33. The summed E-state index contributed by atoms with van der Waals surface area (Å²) < 4.78 is 0. The molecule has 1 aliphatic heterocycles. The number of urea groups is 1. The summed E-state index contributed by atoms with van der Waals surface area (Å²) in [6.07, 6.45) is 0.434. The van der Waals surface area contributed by atoms with Crippen LogP contribution in [0.4, 0.5) is 4.79 Å². The first-order valence-corrected chi connectivity index (χ1v) is 6.92. The largest absolute Gasteiger partial charge is 0.508 e. The molecular weight excluding hydrogens is 286 g/mol. The molecule has 118 valence electrons. The number of rotatable bonds is 5. The Balaban J connectivity index is 2.30. The van der Waals surface area contributed by atoms with E-state index in [0.29, 0.717) is 12.0 Å². The molecule has 7 nitrogen and oxygen atoms in total. The van der Waals surface area contributed by atoms with Gasteiger partial charge in [0, 0.05) is 12.6 Å². The maximum absolute atomic E-state index is 12.0. The van der Waals surface area contributed by atoms with E-state index in [1.54, 1.807) is 19.2 Å². The van der Waals surface area contributed by atoms with Crippen LogP contribution in [0.25, 0.3) is 0 Å². The number of nitrogens with one attached hydrogen (secondary N) is 2. The second-order valence-corrected chi connectivity index (χ2v) is 5.33. The summed E-state index contributed by atoms with van der Waals surface area (Å²) in [4.78, 5) is 36.0. The Kier molecular flexibility index (Phi) is 4.46. The quantitative estimate of drug-likeness (QED) is 0.681. The highest BCUT2D eigenvalue weighted by molar-refractivity contribution is 6.04. The first kappa shape index (κ1) is 16.0. The fraction of sp³-hybridized carbons (Fsp3) is 0.400. The van der Waals surface area contributed by atoms with E-state index in [-0.39, 0.29) is 17.6 Å². The molecule has 0 aliphatic carbocycles. The molecule has 0 saturated carbocycles. The average Bonchev–Trinajstić information content (AvgIpc) is 2.73. The number of nitrogens with zero attached hydrogens (tertiary/aromatic N) is 1. The highest BCUT2D eigenvalue weighted by atomic mass is 16.3. The van der Waals surface area contributed by atoms with E-state index in [1.807, 2.05) is 0 Å². The third-order valence-electron chi connectivity index (χ3n) is 3.83. The number of benzene rings is 1. The molecule has 1 heterocycles. The van der Waals surface area contributed by atoms with Crippen LogP contribution >= 0.6 is 0 Å². The number of phenolic OH excluding ortho intramolecular Hbond substituents is 1. The first-order valence-electron chi connectivity index (χ1n) is 6.92. The maximum atomic E-state index is 12.0. The van der Waals surface area contributed by atoms with Crippen molar-refractivity contribution in [3.8, 4) is 5.75 Å². The number of carbonyl (C=O) groups is 3. The lowest BCUT2D eigenvalue weighted by atomic mass is 9.97. The van der Waals surface area contributed by atoms with Crippen LogP contribution in [-0.4, -0.2) is 47.9 Å². The van der Waals surface area contributed by atoms with E-state index < -0.39 is 18.0 Å². The summed E-state index contributed by atoms with van der Waals surface area (Å²) in [6.45, 7) is 1.50. The number of phenols is 1. The van der Waals surface area contributed by atoms with Crippen molar-refractivity contribution in [2.45, 2.75) is 25.4 Å². The van der Waals surface area contributed by atoms with E-state index >= 15 is 0 Å². The van der Waals surface area contributed by atoms with Crippen molar-refractivity contribution in [3.05, 3.63) is 29.3 Å². The van der Waals surface area contributed by atoms with Gasteiger partial charge in [0.05, 0.1) is 6.04 Å². The first-order chi connectivity index (χ1) is 10.3.